The molecule has 0 aliphatic carbocycles. The summed E-state index contributed by atoms with van der Waals surface area (Å²) >= 11 is 0. The summed E-state index contributed by atoms with van der Waals surface area (Å²) in [5, 5.41) is 8.26. The van der Waals surface area contributed by atoms with Gasteiger partial charge in [-0.3, -0.25) is 4.79 Å². The first-order valence-corrected chi connectivity index (χ1v) is 11.7. The van der Waals surface area contributed by atoms with Gasteiger partial charge in [-0.15, -0.1) is 0 Å². The number of nitrogens with one attached hydrogen (secondary N) is 2. The van der Waals surface area contributed by atoms with E-state index in [-0.39, 0.29) is 12.5 Å². The number of carbonyl (C=O) groups excluding carboxylic acids is 1. The van der Waals surface area contributed by atoms with Gasteiger partial charge in [-0.2, -0.15) is 0 Å². The summed E-state index contributed by atoms with van der Waals surface area (Å²) in [7, 11) is 3.75. The number of carbonyl (C=O) groups is 1. The van der Waals surface area contributed by atoms with E-state index in [9.17, 15) is 4.79 Å². The predicted molar refractivity (Wildman–Crippen MR) is 135 cm³/mol. The van der Waals surface area contributed by atoms with Gasteiger partial charge in [-0.25, -0.2) is 9.97 Å². The molecule has 0 atom stereocenters. The van der Waals surface area contributed by atoms with E-state index >= 15 is 0 Å². The Kier molecular flexibility index (Phi) is 9.15. The van der Waals surface area contributed by atoms with Crippen LogP contribution in [0.3, 0.4) is 0 Å². The fraction of sp³-hybridized carbons (Fsp3) is 0.423. The highest BCUT2D eigenvalue weighted by atomic mass is 16.5. The second-order valence-corrected chi connectivity index (χ2v) is 8.20. The van der Waals surface area contributed by atoms with E-state index in [4.69, 9.17) is 4.74 Å². The van der Waals surface area contributed by atoms with Gasteiger partial charge in [0.1, 0.15) is 11.6 Å². The molecular weight excluding hydrogens is 414 g/mol. The molecule has 3 rings (SSSR count). The minimum absolute atomic E-state index is 0.0792. The third-order valence-corrected chi connectivity index (χ3v) is 5.60. The third kappa shape index (κ3) is 6.97. The minimum Gasteiger partial charge on any atom is -0.497 e. The van der Waals surface area contributed by atoms with Crippen LogP contribution in [0.25, 0.3) is 22.0 Å². The molecule has 0 unspecified atom stereocenters. The molecule has 176 valence electrons. The van der Waals surface area contributed by atoms with Crippen LogP contribution in [-0.4, -0.2) is 61.1 Å². The van der Waals surface area contributed by atoms with E-state index in [1.165, 1.54) is 12.8 Å². The van der Waals surface area contributed by atoms with Gasteiger partial charge in [-0.05, 0) is 55.7 Å². The Labute approximate surface area is 196 Å². The van der Waals surface area contributed by atoms with Gasteiger partial charge in [0.25, 0.3) is 0 Å². The molecule has 0 fully saturated rings. The van der Waals surface area contributed by atoms with Gasteiger partial charge in [0.2, 0.25) is 5.91 Å². The van der Waals surface area contributed by atoms with Crippen molar-refractivity contribution in [3.63, 3.8) is 0 Å². The number of nitrogens with zero attached hydrogens (tertiary/aromatic N) is 3. The Hall–Kier alpha value is -3.03. The number of benzene rings is 2. The normalized spacial score (nSPS) is 11.2. The average molecular weight is 450 g/mol. The van der Waals surface area contributed by atoms with E-state index < -0.39 is 0 Å². The zero-order valence-electron chi connectivity index (χ0n) is 20.1. The Bertz CT molecular complexity index is 1070. The van der Waals surface area contributed by atoms with Crippen LogP contribution in [-0.2, 0) is 11.2 Å². The van der Waals surface area contributed by atoms with Crippen LogP contribution in [0, 0.1) is 0 Å². The highest BCUT2D eigenvalue weighted by Gasteiger charge is 2.12. The highest BCUT2D eigenvalue weighted by Crippen LogP contribution is 2.32. The molecule has 0 bridgehead atoms. The zero-order chi connectivity index (χ0) is 23.6. The lowest BCUT2D eigenvalue weighted by Crippen LogP contribution is -2.34. The predicted octanol–water partition coefficient (Wildman–Crippen LogP) is 4.13. The lowest BCUT2D eigenvalue weighted by atomic mass is 10.0. The van der Waals surface area contributed by atoms with Gasteiger partial charge in [-0.1, -0.05) is 26.3 Å². The molecule has 0 radical (unpaired) electrons. The van der Waals surface area contributed by atoms with Crippen LogP contribution in [0.4, 0.5) is 5.69 Å². The number of hydrogen-bond donors (Lipinski definition) is 2. The van der Waals surface area contributed by atoms with Crippen LogP contribution >= 0.6 is 0 Å². The minimum atomic E-state index is -0.0792. The quantitative estimate of drug-likeness (QED) is 0.405. The lowest BCUT2D eigenvalue weighted by molar-refractivity contribution is -0.115. The second kappa shape index (κ2) is 12.3. The number of fused-ring (bicyclic) bond motifs is 1. The maximum atomic E-state index is 12.7. The van der Waals surface area contributed by atoms with E-state index in [1.54, 1.807) is 13.3 Å². The summed E-state index contributed by atoms with van der Waals surface area (Å²) in [6.07, 6.45) is 4.92. The van der Waals surface area contributed by atoms with Gasteiger partial charge in [0.15, 0.2) is 0 Å². The van der Waals surface area contributed by atoms with Crippen LogP contribution in [0.2, 0.25) is 0 Å². The van der Waals surface area contributed by atoms with Crippen molar-refractivity contribution < 1.29 is 9.53 Å². The van der Waals surface area contributed by atoms with Crippen LogP contribution in [0.1, 0.15) is 32.5 Å². The number of likely N-dealkylation sites (N-methyl/N-ethyl adjacent to an activating group) is 1. The molecule has 7 nitrogen and oxygen atoms in total. The number of anilines is 1. The number of aryl methyl sites for hydroxylation is 1. The highest BCUT2D eigenvalue weighted by molar-refractivity contribution is 6.05. The van der Waals surface area contributed by atoms with Crippen molar-refractivity contribution in [3.8, 4) is 17.0 Å². The Balaban J connectivity index is 1.77. The molecule has 3 aromatic rings. The number of hydrogen-bond acceptors (Lipinski definition) is 6. The van der Waals surface area contributed by atoms with E-state index in [2.05, 4.69) is 45.5 Å². The first kappa shape index (κ1) is 24.6. The maximum absolute atomic E-state index is 12.7. The molecule has 0 saturated carbocycles. The topological polar surface area (TPSA) is 79.4 Å². The molecule has 1 amide bonds. The Morgan fingerprint density at radius 3 is 2.73 bits per heavy atom. The number of amides is 1. The number of rotatable bonds is 12. The van der Waals surface area contributed by atoms with Crippen LogP contribution in [0.5, 0.6) is 5.75 Å². The van der Waals surface area contributed by atoms with Crippen LogP contribution in [0.15, 0.2) is 42.6 Å². The molecule has 1 aromatic heterocycles. The molecule has 0 saturated heterocycles. The van der Waals surface area contributed by atoms with Gasteiger partial charge in [0.05, 0.1) is 19.3 Å². The third-order valence-electron chi connectivity index (χ3n) is 5.60. The molecule has 0 spiro atoms. The zero-order valence-corrected chi connectivity index (χ0v) is 20.1. The summed E-state index contributed by atoms with van der Waals surface area (Å²) in [4.78, 5) is 24.0. The van der Waals surface area contributed by atoms with Crippen molar-refractivity contribution in [1.29, 1.82) is 0 Å². The molecule has 0 aliphatic heterocycles. The van der Waals surface area contributed by atoms with Crippen molar-refractivity contribution in [2.24, 2.45) is 0 Å². The monoisotopic (exact) mass is 449 g/mol. The van der Waals surface area contributed by atoms with Gasteiger partial charge in [0, 0.05) is 42.3 Å². The largest absolute Gasteiger partial charge is 0.497 e. The summed E-state index contributed by atoms with van der Waals surface area (Å²) in [5.41, 5.74) is 2.51. The van der Waals surface area contributed by atoms with E-state index in [1.807, 2.05) is 37.3 Å². The number of unbranched alkanes of at least 4 members (excludes halogenated alkanes) is 1. The summed E-state index contributed by atoms with van der Waals surface area (Å²) in [6.45, 7) is 7.24. The lowest BCUT2D eigenvalue weighted by Gasteiger charge is -2.16. The van der Waals surface area contributed by atoms with Crippen molar-refractivity contribution in [2.75, 3.05) is 45.7 Å². The van der Waals surface area contributed by atoms with Crippen molar-refractivity contribution in [2.45, 2.75) is 33.1 Å². The number of ether oxygens (including phenoxy) is 1. The van der Waals surface area contributed by atoms with Crippen molar-refractivity contribution in [3.05, 3.63) is 48.4 Å². The van der Waals surface area contributed by atoms with Crippen molar-refractivity contribution in [1.82, 2.24) is 20.2 Å². The van der Waals surface area contributed by atoms with Crippen molar-refractivity contribution >= 4 is 22.4 Å². The summed E-state index contributed by atoms with van der Waals surface area (Å²) < 4.78 is 5.41. The van der Waals surface area contributed by atoms with Gasteiger partial charge >= 0.3 is 0 Å². The average Bonchev–Trinajstić information content (AvgIpc) is 2.85. The summed E-state index contributed by atoms with van der Waals surface area (Å²) in [6, 6.07) is 11.8. The molecule has 2 aromatic carbocycles. The van der Waals surface area contributed by atoms with E-state index in [0.29, 0.717) is 0 Å². The Morgan fingerprint density at radius 1 is 1.12 bits per heavy atom. The molecule has 2 N–H and O–H groups in total. The Morgan fingerprint density at radius 2 is 1.97 bits per heavy atom. The molecule has 1 heterocycles. The summed E-state index contributed by atoms with van der Waals surface area (Å²) in [5.74, 6) is 1.46. The number of methoxy groups -OCH3 is 1. The molecule has 7 heteroatoms. The SMILES string of the molecule is CCCCN(C)CCNCC(=O)Nc1cc(-c2ccnc(CC)n2)cc2ccc(OC)cc12. The van der Waals surface area contributed by atoms with E-state index in [0.717, 1.165) is 65.3 Å². The first-order chi connectivity index (χ1) is 16.0. The first-order valence-electron chi connectivity index (χ1n) is 11.7. The van der Waals surface area contributed by atoms with Crippen LogP contribution < -0.4 is 15.4 Å². The molecule has 33 heavy (non-hydrogen) atoms. The fourth-order valence-corrected chi connectivity index (χ4v) is 3.65. The van der Waals surface area contributed by atoms with Gasteiger partial charge < -0.3 is 20.3 Å². The number of aromatic nitrogens is 2. The molecular formula is C26H35N5O2. The maximum Gasteiger partial charge on any atom is 0.238 e. The fourth-order valence-electron chi connectivity index (χ4n) is 3.65. The second-order valence-electron chi connectivity index (χ2n) is 8.20. The standard InChI is InChI=1S/C26H35N5O2/c1-5-7-13-31(3)14-12-27-18-26(32)30-24-16-20(23-10-11-28-25(6-2)29-23)15-19-8-9-21(33-4)17-22(19)24/h8-11,15-17,27H,5-7,12-14,18H2,1-4H3,(H,30,32). The smallest absolute Gasteiger partial charge is 0.238 e. The molecule has 0 aliphatic rings.